The molecule has 0 aliphatic heterocycles. The third kappa shape index (κ3) is 3.90. The molecule has 1 aliphatic rings. The Morgan fingerprint density at radius 3 is 2.85 bits per heavy atom. The SMILES string of the molecule is O=C(COc1ccc2c(c1)CCC2)NCC(O)C(F)F. The first kappa shape index (κ1) is 14.7. The van der Waals surface area contributed by atoms with E-state index in [4.69, 9.17) is 9.84 Å². The zero-order valence-corrected chi connectivity index (χ0v) is 10.9. The number of carbonyl (C=O) groups is 1. The molecule has 0 heterocycles. The highest BCUT2D eigenvalue weighted by Crippen LogP contribution is 2.25. The number of benzene rings is 1. The van der Waals surface area contributed by atoms with E-state index in [2.05, 4.69) is 5.32 Å². The van der Waals surface area contributed by atoms with Gasteiger partial charge in [-0.25, -0.2) is 8.78 Å². The first-order valence-electron chi connectivity index (χ1n) is 6.54. The van der Waals surface area contributed by atoms with Crippen LogP contribution < -0.4 is 10.1 Å². The topological polar surface area (TPSA) is 58.6 Å². The van der Waals surface area contributed by atoms with Crippen LogP contribution in [0.25, 0.3) is 0 Å². The standard InChI is InChI=1S/C14H17F2NO3/c15-14(16)12(18)7-17-13(19)8-20-11-5-4-9-2-1-3-10(9)6-11/h4-6,12,14,18H,1-3,7-8H2,(H,17,19). The van der Waals surface area contributed by atoms with E-state index in [1.54, 1.807) is 6.07 Å². The molecule has 0 fully saturated rings. The number of carbonyl (C=O) groups excluding carboxylic acids is 1. The van der Waals surface area contributed by atoms with Crippen LogP contribution in [0.3, 0.4) is 0 Å². The summed E-state index contributed by atoms with van der Waals surface area (Å²) in [6.45, 7) is -0.737. The molecule has 110 valence electrons. The van der Waals surface area contributed by atoms with Gasteiger partial charge in [-0.05, 0) is 42.5 Å². The van der Waals surface area contributed by atoms with Crippen LogP contribution >= 0.6 is 0 Å². The maximum absolute atomic E-state index is 12.0. The van der Waals surface area contributed by atoms with Crippen molar-refractivity contribution in [3.8, 4) is 5.75 Å². The summed E-state index contributed by atoms with van der Waals surface area (Å²) in [6.07, 6.45) is -1.50. The fourth-order valence-corrected chi connectivity index (χ4v) is 2.15. The largest absolute Gasteiger partial charge is 0.484 e. The molecular formula is C14H17F2NO3. The molecule has 0 saturated carbocycles. The van der Waals surface area contributed by atoms with E-state index < -0.39 is 25.0 Å². The van der Waals surface area contributed by atoms with E-state index in [-0.39, 0.29) is 6.61 Å². The van der Waals surface area contributed by atoms with Crippen LogP contribution in [-0.4, -0.2) is 36.7 Å². The van der Waals surface area contributed by atoms with Gasteiger partial charge in [0.1, 0.15) is 11.9 Å². The smallest absolute Gasteiger partial charge is 0.265 e. The first-order chi connectivity index (χ1) is 9.56. The van der Waals surface area contributed by atoms with Crippen molar-refractivity contribution in [3.63, 3.8) is 0 Å². The minimum Gasteiger partial charge on any atom is -0.484 e. The Morgan fingerprint density at radius 2 is 2.10 bits per heavy atom. The van der Waals surface area contributed by atoms with Gasteiger partial charge in [-0.2, -0.15) is 0 Å². The second-order valence-electron chi connectivity index (χ2n) is 4.78. The van der Waals surface area contributed by atoms with Gasteiger partial charge in [-0.15, -0.1) is 0 Å². The lowest BCUT2D eigenvalue weighted by molar-refractivity contribution is -0.124. The lowest BCUT2D eigenvalue weighted by atomic mass is 10.1. The van der Waals surface area contributed by atoms with E-state index in [0.29, 0.717) is 5.75 Å². The normalized spacial score (nSPS) is 15.0. The number of fused-ring (bicyclic) bond motifs is 1. The number of ether oxygens (including phenoxy) is 1. The summed E-state index contributed by atoms with van der Waals surface area (Å²) < 4.78 is 29.4. The predicted octanol–water partition coefficient (Wildman–Crippen LogP) is 1.30. The minimum absolute atomic E-state index is 0.255. The molecule has 1 atom stereocenters. The lowest BCUT2D eigenvalue weighted by Crippen LogP contribution is -2.38. The fourth-order valence-electron chi connectivity index (χ4n) is 2.15. The van der Waals surface area contributed by atoms with Crippen molar-refractivity contribution in [3.05, 3.63) is 29.3 Å². The van der Waals surface area contributed by atoms with E-state index in [1.807, 2.05) is 12.1 Å². The average Bonchev–Trinajstić information content (AvgIpc) is 2.89. The Labute approximate surface area is 115 Å². The number of hydrogen-bond acceptors (Lipinski definition) is 3. The molecule has 0 saturated heterocycles. The minimum atomic E-state index is -2.87. The van der Waals surface area contributed by atoms with Crippen LogP contribution in [0.15, 0.2) is 18.2 Å². The number of nitrogens with one attached hydrogen (secondary N) is 1. The van der Waals surface area contributed by atoms with Gasteiger partial charge in [0, 0.05) is 6.54 Å². The number of aliphatic hydroxyl groups is 1. The van der Waals surface area contributed by atoms with Crippen LogP contribution in [0, 0.1) is 0 Å². The van der Waals surface area contributed by atoms with Gasteiger partial charge in [0.15, 0.2) is 6.61 Å². The van der Waals surface area contributed by atoms with E-state index in [0.717, 1.165) is 19.3 Å². The first-order valence-corrected chi connectivity index (χ1v) is 6.54. The zero-order valence-electron chi connectivity index (χ0n) is 10.9. The van der Waals surface area contributed by atoms with Crippen molar-refractivity contribution in [1.29, 1.82) is 0 Å². The van der Waals surface area contributed by atoms with Gasteiger partial charge in [-0.1, -0.05) is 6.07 Å². The van der Waals surface area contributed by atoms with E-state index in [9.17, 15) is 13.6 Å². The third-order valence-corrected chi connectivity index (χ3v) is 3.24. The molecule has 0 spiro atoms. The highest BCUT2D eigenvalue weighted by molar-refractivity contribution is 5.77. The second-order valence-corrected chi connectivity index (χ2v) is 4.78. The van der Waals surface area contributed by atoms with Crippen LogP contribution in [0.5, 0.6) is 5.75 Å². The molecule has 1 aromatic rings. The van der Waals surface area contributed by atoms with E-state index in [1.165, 1.54) is 11.1 Å². The Hall–Kier alpha value is -1.69. The number of aryl methyl sites for hydroxylation is 2. The summed E-state index contributed by atoms with van der Waals surface area (Å²) in [5, 5.41) is 11.1. The van der Waals surface area contributed by atoms with Crippen LogP contribution in [0.4, 0.5) is 8.78 Å². The average molecular weight is 285 g/mol. The molecular weight excluding hydrogens is 268 g/mol. The van der Waals surface area contributed by atoms with Gasteiger partial charge < -0.3 is 15.2 Å². The van der Waals surface area contributed by atoms with Crippen molar-refractivity contribution >= 4 is 5.91 Å². The number of hydrogen-bond donors (Lipinski definition) is 2. The maximum atomic E-state index is 12.0. The number of rotatable bonds is 6. The highest BCUT2D eigenvalue weighted by Gasteiger charge is 2.17. The number of halogens is 2. The van der Waals surface area contributed by atoms with Crippen LogP contribution in [0.1, 0.15) is 17.5 Å². The van der Waals surface area contributed by atoms with Crippen LogP contribution in [-0.2, 0) is 17.6 Å². The lowest BCUT2D eigenvalue weighted by Gasteiger charge is -2.11. The molecule has 1 unspecified atom stereocenters. The van der Waals surface area contributed by atoms with Crippen molar-refractivity contribution in [2.75, 3.05) is 13.2 Å². The second kappa shape index (κ2) is 6.65. The Morgan fingerprint density at radius 1 is 1.35 bits per heavy atom. The Bertz CT molecular complexity index is 479. The molecule has 4 nitrogen and oxygen atoms in total. The van der Waals surface area contributed by atoms with Gasteiger partial charge in [0.05, 0.1) is 0 Å². The van der Waals surface area contributed by atoms with Crippen molar-refractivity contribution in [2.24, 2.45) is 0 Å². The van der Waals surface area contributed by atoms with Gasteiger partial charge >= 0.3 is 0 Å². The van der Waals surface area contributed by atoms with Gasteiger partial charge in [0.2, 0.25) is 0 Å². The molecule has 2 N–H and O–H groups in total. The fraction of sp³-hybridized carbons (Fsp3) is 0.500. The zero-order chi connectivity index (χ0) is 14.5. The summed E-state index contributed by atoms with van der Waals surface area (Å²) in [7, 11) is 0. The molecule has 6 heteroatoms. The molecule has 2 rings (SSSR count). The van der Waals surface area contributed by atoms with Gasteiger partial charge in [-0.3, -0.25) is 4.79 Å². The predicted molar refractivity (Wildman–Crippen MR) is 69.0 cm³/mol. The summed E-state index contributed by atoms with van der Waals surface area (Å²) in [5.41, 5.74) is 2.54. The summed E-state index contributed by atoms with van der Waals surface area (Å²) >= 11 is 0. The number of alkyl halides is 2. The molecule has 1 aromatic carbocycles. The molecule has 1 aliphatic carbocycles. The Kier molecular flexibility index (Phi) is 4.89. The van der Waals surface area contributed by atoms with Crippen molar-refractivity contribution in [2.45, 2.75) is 31.8 Å². The molecule has 20 heavy (non-hydrogen) atoms. The molecule has 0 aromatic heterocycles. The van der Waals surface area contributed by atoms with Crippen LogP contribution in [0.2, 0.25) is 0 Å². The summed E-state index contributed by atoms with van der Waals surface area (Å²) in [6, 6.07) is 5.69. The van der Waals surface area contributed by atoms with Gasteiger partial charge in [0.25, 0.3) is 12.3 Å². The van der Waals surface area contributed by atoms with E-state index >= 15 is 0 Å². The maximum Gasteiger partial charge on any atom is 0.265 e. The van der Waals surface area contributed by atoms with Crippen molar-refractivity contribution < 1.29 is 23.4 Å². The molecule has 1 amide bonds. The number of aliphatic hydroxyl groups excluding tert-OH is 1. The van der Waals surface area contributed by atoms with Crippen molar-refractivity contribution in [1.82, 2.24) is 5.32 Å². The highest BCUT2D eigenvalue weighted by atomic mass is 19.3. The molecule has 0 bridgehead atoms. The third-order valence-electron chi connectivity index (χ3n) is 3.24. The summed E-state index contributed by atoms with van der Waals surface area (Å²) in [5.74, 6) is 0.0559. The number of amides is 1. The monoisotopic (exact) mass is 285 g/mol. The molecule has 0 radical (unpaired) electrons. The quantitative estimate of drug-likeness (QED) is 0.828. The summed E-state index contributed by atoms with van der Waals surface area (Å²) in [4.78, 5) is 11.4. The Balaban J connectivity index is 1.76.